The van der Waals surface area contributed by atoms with Gasteiger partial charge in [0.15, 0.2) is 0 Å². The highest BCUT2D eigenvalue weighted by Crippen LogP contribution is 2.19. The van der Waals surface area contributed by atoms with Gasteiger partial charge in [-0.1, -0.05) is 25.1 Å². The molecule has 1 heterocycles. The maximum atomic E-state index is 12.4. The average Bonchev–Trinajstić information content (AvgIpc) is 3.46. The molecule has 0 aromatic heterocycles. The monoisotopic (exact) mass is 358 g/mol. The van der Waals surface area contributed by atoms with Crippen molar-refractivity contribution in [1.82, 2.24) is 15.1 Å². The van der Waals surface area contributed by atoms with Crippen LogP contribution in [0.1, 0.15) is 32.3 Å². The summed E-state index contributed by atoms with van der Waals surface area (Å²) in [6, 6.07) is 8.25. The largest absolute Gasteiger partial charge is 0.352 e. The average molecular weight is 358 g/mol. The smallest absolute Gasteiger partial charge is 0.238 e. The Morgan fingerprint density at radius 2 is 1.85 bits per heavy atom. The van der Waals surface area contributed by atoms with Crippen molar-refractivity contribution in [3.8, 4) is 0 Å². The van der Waals surface area contributed by atoms with E-state index in [-0.39, 0.29) is 17.9 Å². The van der Waals surface area contributed by atoms with Crippen LogP contribution in [-0.2, 0) is 16.0 Å². The van der Waals surface area contributed by atoms with Gasteiger partial charge in [0.25, 0.3) is 0 Å². The summed E-state index contributed by atoms with van der Waals surface area (Å²) in [6.45, 7) is 7.71. The fourth-order valence-corrected chi connectivity index (χ4v) is 3.37. The first kappa shape index (κ1) is 18.9. The first-order chi connectivity index (χ1) is 12.6. The lowest BCUT2D eigenvalue weighted by atomic mass is 10.1. The van der Waals surface area contributed by atoms with E-state index < -0.39 is 0 Å². The van der Waals surface area contributed by atoms with Crippen LogP contribution in [0.3, 0.4) is 0 Å². The molecule has 0 spiro atoms. The lowest BCUT2D eigenvalue weighted by Gasteiger charge is -2.37. The van der Waals surface area contributed by atoms with Gasteiger partial charge in [-0.15, -0.1) is 0 Å². The minimum absolute atomic E-state index is 0.0267. The Labute approximate surface area is 155 Å². The number of carbonyl (C=O) groups is 2. The highest BCUT2D eigenvalue weighted by Gasteiger charge is 2.30. The summed E-state index contributed by atoms with van der Waals surface area (Å²) in [6.07, 6.45) is 3.13. The van der Waals surface area contributed by atoms with Crippen molar-refractivity contribution in [2.75, 3.05) is 38.0 Å². The lowest BCUT2D eigenvalue weighted by molar-refractivity contribution is -0.127. The van der Waals surface area contributed by atoms with Crippen molar-refractivity contribution in [3.05, 3.63) is 29.8 Å². The van der Waals surface area contributed by atoms with Crippen molar-refractivity contribution in [1.29, 1.82) is 0 Å². The zero-order valence-electron chi connectivity index (χ0n) is 15.8. The topological polar surface area (TPSA) is 64.7 Å². The molecule has 26 heavy (non-hydrogen) atoms. The fourth-order valence-electron chi connectivity index (χ4n) is 3.37. The number of benzene rings is 1. The molecule has 1 atom stereocenters. The van der Waals surface area contributed by atoms with Gasteiger partial charge in [-0.3, -0.25) is 19.4 Å². The third-order valence-electron chi connectivity index (χ3n) is 5.30. The van der Waals surface area contributed by atoms with Gasteiger partial charge >= 0.3 is 0 Å². The van der Waals surface area contributed by atoms with Gasteiger partial charge in [0.05, 0.1) is 12.6 Å². The summed E-state index contributed by atoms with van der Waals surface area (Å²) in [5, 5.41) is 6.11. The number of anilines is 1. The summed E-state index contributed by atoms with van der Waals surface area (Å²) < 4.78 is 0. The molecule has 2 aliphatic rings. The zero-order chi connectivity index (χ0) is 18.5. The predicted molar refractivity (Wildman–Crippen MR) is 103 cm³/mol. The molecule has 1 aromatic carbocycles. The Morgan fingerprint density at radius 1 is 1.15 bits per heavy atom. The molecule has 2 N–H and O–H groups in total. The lowest BCUT2D eigenvalue weighted by Crippen LogP contribution is -2.55. The maximum absolute atomic E-state index is 12.4. The van der Waals surface area contributed by atoms with E-state index in [1.807, 2.05) is 31.2 Å². The van der Waals surface area contributed by atoms with Gasteiger partial charge in [0.2, 0.25) is 11.8 Å². The number of aryl methyl sites for hydroxylation is 1. The summed E-state index contributed by atoms with van der Waals surface area (Å²) in [5.41, 5.74) is 2.06. The van der Waals surface area contributed by atoms with Gasteiger partial charge in [0.1, 0.15) is 0 Å². The van der Waals surface area contributed by atoms with Gasteiger partial charge in [-0.05, 0) is 37.8 Å². The highest BCUT2D eigenvalue weighted by atomic mass is 16.2. The number of piperazine rings is 1. The number of para-hydroxylation sites is 1. The number of hydrogen-bond donors (Lipinski definition) is 2. The summed E-state index contributed by atoms with van der Waals surface area (Å²) in [7, 11) is 0. The molecular weight excluding hydrogens is 328 g/mol. The highest BCUT2D eigenvalue weighted by molar-refractivity contribution is 5.93. The summed E-state index contributed by atoms with van der Waals surface area (Å²) in [4.78, 5) is 28.9. The molecule has 6 heteroatoms. The van der Waals surface area contributed by atoms with Gasteiger partial charge in [0, 0.05) is 37.9 Å². The summed E-state index contributed by atoms with van der Waals surface area (Å²) >= 11 is 0. The van der Waals surface area contributed by atoms with Gasteiger partial charge < -0.3 is 10.6 Å². The van der Waals surface area contributed by atoms with Crippen molar-refractivity contribution in [3.63, 3.8) is 0 Å². The first-order valence-corrected chi connectivity index (χ1v) is 9.71. The number of nitrogens with zero attached hydrogens (tertiary/aromatic N) is 2. The van der Waals surface area contributed by atoms with E-state index in [4.69, 9.17) is 0 Å². The minimum Gasteiger partial charge on any atom is -0.352 e. The molecular formula is C20H30N4O2. The van der Waals surface area contributed by atoms with Crippen molar-refractivity contribution in [2.24, 2.45) is 0 Å². The van der Waals surface area contributed by atoms with Gasteiger partial charge in [-0.2, -0.15) is 0 Å². The number of carbonyl (C=O) groups excluding carboxylic acids is 2. The molecule has 2 fully saturated rings. The zero-order valence-corrected chi connectivity index (χ0v) is 15.8. The Bertz CT molecular complexity index is 636. The van der Waals surface area contributed by atoms with Crippen LogP contribution in [0.4, 0.5) is 5.69 Å². The van der Waals surface area contributed by atoms with E-state index in [9.17, 15) is 9.59 Å². The van der Waals surface area contributed by atoms with Crippen molar-refractivity contribution in [2.45, 2.75) is 45.2 Å². The predicted octanol–water partition coefficient (Wildman–Crippen LogP) is 1.47. The number of nitrogens with one attached hydrogen (secondary N) is 2. The molecule has 1 unspecified atom stereocenters. The Balaban J connectivity index is 1.43. The Kier molecular flexibility index (Phi) is 6.27. The maximum Gasteiger partial charge on any atom is 0.238 e. The van der Waals surface area contributed by atoms with E-state index in [0.29, 0.717) is 12.6 Å². The van der Waals surface area contributed by atoms with Gasteiger partial charge in [-0.25, -0.2) is 0 Å². The molecule has 1 aliphatic carbocycles. The van der Waals surface area contributed by atoms with Crippen LogP contribution < -0.4 is 10.6 Å². The quantitative estimate of drug-likeness (QED) is 0.775. The molecule has 0 radical (unpaired) electrons. The van der Waals surface area contributed by atoms with Crippen LogP contribution >= 0.6 is 0 Å². The van der Waals surface area contributed by atoms with E-state index in [2.05, 4.69) is 27.4 Å². The molecule has 0 bridgehead atoms. The van der Waals surface area contributed by atoms with Crippen LogP contribution in [0.5, 0.6) is 0 Å². The third-order valence-corrected chi connectivity index (χ3v) is 5.30. The number of amides is 2. The molecule has 142 valence electrons. The van der Waals surface area contributed by atoms with Crippen LogP contribution in [0.15, 0.2) is 24.3 Å². The molecule has 1 saturated heterocycles. The van der Waals surface area contributed by atoms with Crippen LogP contribution in [0.25, 0.3) is 0 Å². The second-order valence-electron chi connectivity index (χ2n) is 7.33. The molecule has 2 amide bonds. The van der Waals surface area contributed by atoms with Crippen molar-refractivity contribution >= 4 is 17.5 Å². The molecule has 1 aliphatic heterocycles. The van der Waals surface area contributed by atoms with E-state index >= 15 is 0 Å². The van der Waals surface area contributed by atoms with Crippen LogP contribution in [0, 0.1) is 0 Å². The Hall–Kier alpha value is -1.92. The fraction of sp³-hybridized carbons (Fsp3) is 0.600. The third kappa shape index (κ3) is 5.05. The molecule has 6 nitrogen and oxygen atoms in total. The molecule has 3 rings (SSSR count). The standard InChI is InChI=1S/C20H30N4O2/c1-3-16-6-4-5-7-18(16)22-19(25)14-23-10-12-24(13-11-23)15(2)20(26)21-17-8-9-17/h4-7,15,17H,3,8-14H2,1-2H3,(H,21,26)(H,22,25). The van der Waals surface area contributed by atoms with E-state index in [1.165, 1.54) is 0 Å². The number of hydrogen-bond acceptors (Lipinski definition) is 4. The number of rotatable bonds is 7. The molecule has 1 saturated carbocycles. The first-order valence-electron chi connectivity index (χ1n) is 9.71. The SMILES string of the molecule is CCc1ccccc1NC(=O)CN1CCN(C(C)C(=O)NC2CC2)CC1. The normalized spacial score (nSPS) is 19.8. The second kappa shape index (κ2) is 8.64. The molecule has 1 aromatic rings. The minimum atomic E-state index is -0.0944. The Morgan fingerprint density at radius 3 is 2.50 bits per heavy atom. The van der Waals surface area contributed by atoms with Crippen LogP contribution in [0.2, 0.25) is 0 Å². The van der Waals surface area contributed by atoms with E-state index in [0.717, 1.165) is 56.7 Å². The van der Waals surface area contributed by atoms with Crippen LogP contribution in [-0.4, -0.2) is 66.4 Å². The summed E-state index contributed by atoms with van der Waals surface area (Å²) in [5.74, 6) is 0.161. The second-order valence-corrected chi connectivity index (χ2v) is 7.33. The van der Waals surface area contributed by atoms with Crippen molar-refractivity contribution < 1.29 is 9.59 Å². The van der Waals surface area contributed by atoms with E-state index in [1.54, 1.807) is 0 Å².